The van der Waals surface area contributed by atoms with E-state index in [-0.39, 0.29) is 17.9 Å². The molecule has 1 saturated carbocycles. The van der Waals surface area contributed by atoms with Gasteiger partial charge in [0.1, 0.15) is 17.2 Å². The molecule has 0 spiro atoms. The summed E-state index contributed by atoms with van der Waals surface area (Å²) in [5.41, 5.74) is 1.99. The summed E-state index contributed by atoms with van der Waals surface area (Å²) in [5, 5.41) is 7.49. The summed E-state index contributed by atoms with van der Waals surface area (Å²) < 4.78 is 2.09. The van der Waals surface area contributed by atoms with Crippen molar-refractivity contribution >= 4 is 34.6 Å². The van der Waals surface area contributed by atoms with E-state index in [1.165, 1.54) is 0 Å². The molecular formula is C26H32N8O2. The molecule has 10 heteroatoms. The van der Waals surface area contributed by atoms with E-state index in [4.69, 9.17) is 4.98 Å². The van der Waals surface area contributed by atoms with Gasteiger partial charge in [0.15, 0.2) is 0 Å². The number of aromatic nitrogens is 4. The molecule has 3 aliphatic rings. The topological polar surface area (TPSA) is 108 Å². The number of fused-ring (bicyclic) bond motifs is 3. The van der Waals surface area contributed by atoms with E-state index in [0.717, 1.165) is 62.8 Å². The number of hydrogen-bond acceptors (Lipinski definition) is 7. The Morgan fingerprint density at radius 3 is 2.67 bits per heavy atom. The Labute approximate surface area is 210 Å². The summed E-state index contributed by atoms with van der Waals surface area (Å²) in [6.07, 6.45) is 8.90. The maximum absolute atomic E-state index is 13.0. The zero-order valence-electron chi connectivity index (χ0n) is 20.8. The van der Waals surface area contributed by atoms with Gasteiger partial charge in [-0.15, -0.1) is 0 Å². The van der Waals surface area contributed by atoms with Crippen LogP contribution in [0.2, 0.25) is 0 Å². The standard InChI is InChI=1S/C26H32N8O2/c1-32(2)25(36)21-10-18-13-29-26(31-23(18)34(21)20-5-3-4-6-20)30-22-8-7-17(12-28-22)24(35)33-14-16-9-19(15-33)27-11-16/h7-8,10,12-13,16,19-20,27H,3-6,9,11,14-15H2,1-2H3,(H,28,29,30,31)/t16-,19+/m0/s1. The smallest absolute Gasteiger partial charge is 0.270 e. The maximum Gasteiger partial charge on any atom is 0.270 e. The normalized spacial score (nSPS) is 21.8. The second kappa shape index (κ2) is 9.16. The molecule has 3 fully saturated rings. The Morgan fingerprint density at radius 2 is 1.94 bits per heavy atom. The number of nitrogens with zero attached hydrogens (tertiary/aromatic N) is 6. The quantitative estimate of drug-likeness (QED) is 0.569. The van der Waals surface area contributed by atoms with Crippen LogP contribution in [0.3, 0.4) is 0 Å². The van der Waals surface area contributed by atoms with E-state index in [1.807, 2.05) is 11.0 Å². The first-order chi connectivity index (χ1) is 17.5. The van der Waals surface area contributed by atoms with Gasteiger partial charge in [0.25, 0.3) is 11.8 Å². The third-order valence-electron chi connectivity index (χ3n) is 7.66. The van der Waals surface area contributed by atoms with E-state index in [0.29, 0.717) is 35.0 Å². The number of rotatable bonds is 5. The van der Waals surface area contributed by atoms with Gasteiger partial charge in [0.2, 0.25) is 5.95 Å². The molecule has 2 aliphatic heterocycles. The molecule has 1 aliphatic carbocycles. The average Bonchev–Trinajstić information content (AvgIpc) is 3.61. The molecule has 6 rings (SSSR count). The molecule has 2 N–H and O–H groups in total. The minimum Gasteiger partial charge on any atom is -0.343 e. The number of anilines is 2. The fraction of sp³-hybridized carbons (Fsp3) is 0.500. The van der Waals surface area contributed by atoms with Gasteiger partial charge in [-0.1, -0.05) is 12.8 Å². The Bertz CT molecular complexity index is 1280. The van der Waals surface area contributed by atoms with E-state index in [2.05, 4.69) is 25.2 Å². The lowest BCUT2D eigenvalue weighted by atomic mass is 9.99. The molecule has 2 atom stereocenters. The van der Waals surface area contributed by atoms with E-state index >= 15 is 0 Å². The highest BCUT2D eigenvalue weighted by atomic mass is 16.2. The van der Waals surface area contributed by atoms with Crippen molar-refractivity contribution in [3.8, 4) is 0 Å². The summed E-state index contributed by atoms with van der Waals surface area (Å²) >= 11 is 0. The highest BCUT2D eigenvalue weighted by Crippen LogP contribution is 2.35. The molecular weight excluding hydrogens is 456 g/mol. The third kappa shape index (κ3) is 4.19. The van der Waals surface area contributed by atoms with Crippen LogP contribution in [-0.2, 0) is 0 Å². The van der Waals surface area contributed by atoms with Crippen molar-refractivity contribution < 1.29 is 9.59 Å². The van der Waals surface area contributed by atoms with Gasteiger partial charge in [-0.2, -0.15) is 4.98 Å². The summed E-state index contributed by atoms with van der Waals surface area (Å²) in [7, 11) is 3.54. The van der Waals surface area contributed by atoms with Crippen LogP contribution in [0, 0.1) is 5.92 Å². The van der Waals surface area contributed by atoms with Gasteiger partial charge in [-0.3, -0.25) is 9.59 Å². The van der Waals surface area contributed by atoms with E-state index < -0.39 is 0 Å². The second-order valence-electron chi connectivity index (χ2n) is 10.5. The molecule has 0 aromatic carbocycles. The van der Waals surface area contributed by atoms with Crippen LogP contribution in [0.25, 0.3) is 11.0 Å². The molecule has 5 heterocycles. The summed E-state index contributed by atoms with van der Waals surface area (Å²) in [4.78, 5) is 43.1. The van der Waals surface area contributed by atoms with Crippen LogP contribution in [0.4, 0.5) is 11.8 Å². The minimum atomic E-state index is -0.0335. The number of pyridine rings is 1. The lowest BCUT2D eigenvalue weighted by molar-refractivity contribution is 0.0691. The lowest BCUT2D eigenvalue weighted by Gasteiger charge is -2.31. The number of piperidine rings is 1. The summed E-state index contributed by atoms with van der Waals surface area (Å²) in [6, 6.07) is 6.14. The lowest BCUT2D eigenvalue weighted by Crippen LogP contribution is -2.44. The van der Waals surface area contributed by atoms with Crippen LogP contribution >= 0.6 is 0 Å². The zero-order chi connectivity index (χ0) is 24.8. The molecule has 188 valence electrons. The minimum absolute atomic E-state index is 0.0256. The Kier molecular flexibility index (Phi) is 5.83. The van der Waals surface area contributed by atoms with Crippen molar-refractivity contribution in [2.75, 3.05) is 39.0 Å². The Morgan fingerprint density at radius 1 is 1.11 bits per heavy atom. The first kappa shape index (κ1) is 22.9. The number of likely N-dealkylation sites (tertiary alicyclic amines) is 1. The van der Waals surface area contributed by atoms with Gasteiger partial charge in [0, 0.05) is 63.6 Å². The first-order valence-corrected chi connectivity index (χ1v) is 12.8. The van der Waals surface area contributed by atoms with Gasteiger partial charge >= 0.3 is 0 Å². The third-order valence-corrected chi connectivity index (χ3v) is 7.66. The van der Waals surface area contributed by atoms with Gasteiger partial charge in [-0.25, -0.2) is 9.97 Å². The molecule has 3 aromatic rings. The predicted molar refractivity (Wildman–Crippen MR) is 136 cm³/mol. The van der Waals surface area contributed by atoms with Crippen molar-refractivity contribution in [2.24, 2.45) is 5.92 Å². The molecule has 36 heavy (non-hydrogen) atoms. The second-order valence-corrected chi connectivity index (χ2v) is 10.5. The van der Waals surface area contributed by atoms with Crippen LogP contribution in [0.15, 0.2) is 30.6 Å². The van der Waals surface area contributed by atoms with Gasteiger partial charge in [0.05, 0.1) is 5.56 Å². The number of carbonyl (C=O) groups excluding carboxylic acids is 2. The van der Waals surface area contributed by atoms with Crippen molar-refractivity contribution in [2.45, 2.75) is 44.2 Å². The molecule has 2 bridgehead atoms. The van der Waals surface area contributed by atoms with Crippen LogP contribution in [0.1, 0.15) is 59.0 Å². The van der Waals surface area contributed by atoms with Crippen molar-refractivity contribution in [1.29, 1.82) is 0 Å². The number of nitrogens with one attached hydrogen (secondary N) is 2. The number of amides is 2. The fourth-order valence-corrected chi connectivity index (χ4v) is 5.88. The molecule has 10 nitrogen and oxygen atoms in total. The average molecular weight is 489 g/mol. The highest BCUT2D eigenvalue weighted by Gasteiger charge is 2.35. The van der Waals surface area contributed by atoms with Crippen molar-refractivity contribution in [3.05, 3.63) is 41.9 Å². The number of hydrogen-bond donors (Lipinski definition) is 2. The largest absolute Gasteiger partial charge is 0.343 e. The van der Waals surface area contributed by atoms with E-state index in [1.54, 1.807) is 43.5 Å². The summed E-state index contributed by atoms with van der Waals surface area (Å²) in [6.45, 7) is 2.55. The fourth-order valence-electron chi connectivity index (χ4n) is 5.88. The monoisotopic (exact) mass is 488 g/mol. The van der Waals surface area contributed by atoms with Gasteiger partial charge < -0.3 is 25.0 Å². The van der Waals surface area contributed by atoms with Crippen LogP contribution in [-0.4, -0.2) is 80.9 Å². The van der Waals surface area contributed by atoms with Crippen LogP contribution < -0.4 is 10.6 Å². The van der Waals surface area contributed by atoms with Crippen molar-refractivity contribution in [1.82, 2.24) is 34.6 Å². The van der Waals surface area contributed by atoms with Gasteiger partial charge in [-0.05, 0) is 43.4 Å². The molecule has 0 unspecified atom stereocenters. The predicted octanol–water partition coefficient (Wildman–Crippen LogP) is 2.82. The molecule has 2 amide bonds. The molecule has 0 radical (unpaired) electrons. The molecule has 3 aromatic heterocycles. The molecule has 2 saturated heterocycles. The highest BCUT2D eigenvalue weighted by molar-refractivity contribution is 5.98. The SMILES string of the molecule is CN(C)C(=O)c1cc2cnc(Nc3ccc(C(=O)N4C[C@@H]5CN[C@H](C5)C4)cn3)nc2n1C1CCCC1. The zero-order valence-corrected chi connectivity index (χ0v) is 20.8. The number of carbonyl (C=O) groups is 2. The first-order valence-electron chi connectivity index (χ1n) is 12.8. The Balaban J connectivity index is 1.23. The Hall–Kier alpha value is -3.53. The van der Waals surface area contributed by atoms with Crippen molar-refractivity contribution in [3.63, 3.8) is 0 Å². The maximum atomic E-state index is 13.0. The summed E-state index contributed by atoms with van der Waals surface area (Å²) in [5.74, 6) is 1.51. The van der Waals surface area contributed by atoms with E-state index in [9.17, 15) is 9.59 Å². The van der Waals surface area contributed by atoms with Crippen LogP contribution in [0.5, 0.6) is 0 Å².